The lowest BCUT2D eigenvalue weighted by Crippen LogP contribution is -2.49. The van der Waals surface area contributed by atoms with E-state index >= 15 is 0 Å². The number of nitrogens with zero attached hydrogens (tertiary/aromatic N) is 1. The molecule has 0 saturated carbocycles. The van der Waals surface area contributed by atoms with E-state index in [1.807, 2.05) is 0 Å². The molecule has 2 nitrogen and oxygen atoms in total. The van der Waals surface area contributed by atoms with Crippen molar-refractivity contribution in [2.75, 3.05) is 26.2 Å². The third kappa shape index (κ3) is 5.71. The van der Waals surface area contributed by atoms with Crippen LogP contribution in [0.2, 0.25) is 0 Å². The number of hydrogen-bond acceptors (Lipinski definition) is 2. The second-order valence-electron chi connectivity index (χ2n) is 6.89. The number of nitrogens with one attached hydrogen (secondary N) is 1. The van der Waals surface area contributed by atoms with E-state index in [0.717, 1.165) is 30.3 Å². The van der Waals surface area contributed by atoms with E-state index < -0.39 is 0 Å². The van der Waals surface area contributed by atoms with Gasteiger partial charge in [-0.1, -0.05) is 41.0 Å². The SMILES string of the molecule is CCCC(CNCC(C)C)N1CC(C)CC(C)C1. The van der Waals surface area contributed by atoms with Gasteiger partial charge in [-0.3, -0.25) is 4.90 Å². The highest BCUT2D eigenvalue weighted by atomic mass is 15.2. The number of piperidine rings is 1. The van der Waals surface area contributed by atoms with Crippen LogP contribution in [0, 0.1) is 17.8 Å². The maximum atomic E-state index is 3.66. The summed E-state index contributed by atoms with van der Waals surface area (Å²) in [5.74, 6) is 2.50. The highest BCUT2D eigenvalue weighted by Crippen LogP contribution is 2.23. The maximum absolute atomic E-state index is 3.66. The lowest BCUT2D eigenvalue weighted by atomic mass is 9.90. The lowest BCUT2D eigenvalue weighted by Gasteiger charge is -2.40. The van der Waals surface area contributed by atoms with Crippen molar-refractivity contribution in [3.8, 4) is 0 Å². The molecule has 3 unspecified atom stereocenters. The quantitative estimate of drug-likeness (QED) is 0.749. The number of rotatable bonds is 7. The third-order valence-corrected chi connectivity index (χ3v) is 3.97. The van der Waals surface area contributed by atoms with Crippen LogP contribution in [-0.2, 0) is 0 Å². The Labute approximate surface area is 115 Å². The summed E-state index contributed by atoms with van der Waals surface area (Å²) in [7, 11) is 0. The first-order chi connectivity index (χ1) is 8.52. The Hall–Kier alpha value is -0.0800. The first kappa shape index (κ1) is 16.0. The van der Waals surface area contributed by atoms with Crippen LogP contribution in [0.5, 0.6) is 0 Å². The number of hydrogen-bond donors (Lipinski definition) is 1. The van der Waals surface area contributed by atoms with Gasteiger partial charge in [0.05, 0.1) is 0 Å². The van der Waals surface area contributed by atoms with Crippen molar-refractivity contribution in [2.24, 2.45) is 17.8 Å². The summed E-state index contributed by atoms with van der Waals surface area (Å²) in [5.41, 5.74) is 0. The molecule has 0 bridgehead atoms. The van der Waals surface area contributed by atoms with E-state index in [2.05, 4.69) is 44.8 Å². The Bertz CT molecular complexity index is 205. The molecule has 0 radical (unpaired) electrons. The predicted octanol–water partition coefficient (Wildman–Crippen LogP) is 3.38. The van der Waals surface area contributed by atoms with Gasteiger partial charge in [0.1, 0.15) is 0 Å². The van der Waals surface area contributed by atoms with E-state index in [1.54, 1.807) is 0 Å². The molecule has 0 aliphatic carbocycles. The summed E-state index contributed by atoms with van der Waals surface area (Å²) >= 11 is 0. The molecule has 0 spiro atoms. The van der Waals surface area contributed by atoms with Crippen LogP contribution in [0.4, 0.5) is 0 Å². The van der Waals surface area contributed by atoms with Crippen LogP contribution in [0.3, 0.4) is 0 Å². The Balaban J connectivity index is 2.43. The van der Waals surface area contributed by atoms with Crippen molar-refractivity contribution in [3.05, 3.63) is 0 Å². The van der Waals surface area contributed by atoms with Crippen molar-refractivity contribution in [3.63, 3.8) is 0 Å². The Morgan fingerprint density at radius 1 is 1.11 bits per heavy atom. The Kier molecular flexibility index (Phi) is 7.25. The molecule has 1 aliphatic rings. The molecule has 1 aliphatic heterocycles. The zero-order valence-electron chi connectivity index (χ0n) is 13.2. The zero-order valence-corrected chi connectivity index (χ0v) is 13.2. The molecule has 0 aromatic rings. The van der Waals surface area contributed by atoms with Crippen LogP contribution in [-0.4, -0.2) is 37.1 Å². The number of likely N-dealkylation sites (tertiary alicyclic amines) is 1. The standard InChI is InChI=1S/C16H34N2/c1-6-7-16(10-17-9-13(2)3)18-11-14(4)8-15(5)12-18/h13-17H,6-12H2,1-5H3. The van der Waals surface area contributed by atoms with Crippen LogP contribution >= 0.6 is 0 Å². The second-order valence-corrected chi connectivity index (χ2v) is 6.89. The highest BCUT2D eigenvalue weighted by Gasteiger charge is 2.26. The average molecular weight is 254 g/mol. The highest BCUT2D eigenvalue weighted by molar-refractivity contribution is 4.81. The fraction of sp³-hybridized carbons (Fsp3) is 1.00. The second kappa shape index (κ2) is 8.16. The van der Waals surface area contributed by atoms with Gasteiger partial charge in [0.25, 0.3) is 0 Å². The first-order valence-electron chi connectivity index (χ1n) is 7.97. The summed E-state index contributed by atoms with van der Waals surface area (Å²) in [6.45, 7) is 16.6. The zero-order chi connectivity index (χ0) is 13.5. The van der Waals surface area contributed by atoms with Crippen LogP contribution in [0.15, 0.2) is 0 Å². The molecule has 1 N–H and O–H groups in total. The van der Waals surface area contributed by atoms with Gasteiger partial charge in [-0.15, -0.1) is 0 Å². The molecular formula is C16H34N2. The summed E-state index contributed by atoms with van der Waals surface area (Å²) in [5, 5.41) is 3.66. The fourth-order valence-corrected chi connectivity index (χ4v) is 3.29. The van der Waals surface area contributed by atoms with Crippen LogP contribution < -0.4 is 5.32 Å². The summed E-state index contributed by atoms with van der Waals surface area (Å²) in [6, 6.07) is 0.749. The van der Waals surface area contributed by atoms with Crippen molar-refractivity contribution in [2.45, 2.75) is 59.9 Å². The molecule has 0 aromatic carbocycles. The molecule has 3 atom stereocenters. The van der Waals surface area contributed by atoms with Gasteiger partial charge in [0, 0.05) is 25.7 Å². The van der Waals surface area contributed by atoms with Gasteiger partial charge in [0.15, 0.2) is 0 Å². The van der Waals surface area contributed by atoms with Crippen molar-refractivity contribution < 1.29 is 0 Å². The topological polar surface area (TPSA) is 15.3 Å². The van der Waals surface area contributed by atoms with E-state index in [9.17, 15) is 0 Å². The minimum absolute atomic E-state index is 0.749. The molecule has 1 rings (SSSR count). The molecule has 1 heterocycles. The van der Waals surface area contributed by atoms with Crippen molar-refractivity contribution in [1.82, 2.24) is 10.2 Å². The van der Waals surface area contributed by atoms with Gasteiger partial charge in [0.2, 0.25) is 0 Å². The minimum atomic E-state index is 0.749. The predicted molar refractivity (Wildman–Crippen MR) is 80.9 cm³/mol. The molecule has 0 amide bonds. The maximum Gasteiger partial charge on any atom is 0.0220 e. The molecule has 18 heavy (non-hydrogen) atoms. The monoisotopic (exact) mass is 254 g/mol. The summed E-state index contributed by atoms with van der Waals surface area (Å²) in [6.07, 6.45) is 4.05. The van der Waals surface area contributed by atoms with E-state index in [-0.39, 0.29) is 0 Å². The summed E-state index contributed by atoms with van der Waals surface area (Å²) in [4.78, 5) is 2.75. The Morgan fingerprint density at radius 3 is 2.22 bits per heavy atom. The van der Waals surface area contributed by atoms with E-state index in [0.29, 0.717) is 0 Å². The van der Waals surface area contributed by atoms with Gasteiger partial charge in [-0.25, -0.2) is 0 Å². The minimum Gasteiger partial charge on any atom is -0.315 e. The summed E-state index contributed by atoms with van der Waals surface area (Å²) < 4.78 is 0. The average Bonchev–Trinajstić information content (AvgIpc) is 2.26. The normalized spacial score (nSPS) is 27.7. The molecule has 0 aromatic heterocycles. The third-order valence-electron chi connectivity index (χ3n) is 3.97. The molecule has 2 heteroatoms. The van der Waals surface area contributed by atoms with Gasteiger partial charge in [-0.2, -0.15) is 0 Å². The van der Waals surface area contributed by atoms with E-state index in [1.165, 1.54) is 38.9 Å². The van der Waals surface area contributed by atoms with E-state index in [4.69, 9.17) is 0 Å². The largest absolute Gasteiger partial charge is 0.315 e. The molecular weight excluding hydrogens is 220 g/mol. The molecule has 1 saturated heterocycles. The molecule has 108 valence electrons. The van der Waals surface area contributed by atoms with Crippen LogP contribution in [0.25, 0.3) is 0 Å². The van der Waals surface area contributed by atoms with Gasteiger partial charge < -0.3 is 5.32 Å². The van der Waals surface area contributed by atoms with Crippen LogP contribution in [0.1, 0.15) is 53.9 Å². The van der Waals surface area contributed by atoms with Gasteiger partial charge >= 0.3 is 0 Å². The van der Waals surface area contributed by atoms with Crippen molar-refractivity contribution >= 4 is 0 Å². The molecule has 1 fully saturated rings. The van der Waals surface area contributed by atoms with Gasteiger partial charge in [-0.05, 0) is 37.1 Å². The lowest BCUT2D eigenvalue weighted by molar-refractivity contribution is 0.0892. The van der Waals surface area contributed by atoms with Crippen molar-refractivity contribution in [1.29, 1.82) is 0 Å². The Morgan fingerprint density at radius 2 is 1.72 bits per heavy atom. The smallest absolute Gasteiger partial charge is 0.0220 e. The first-order valence-corrected chi connectivity index (χ1v) is 7.97. The fourth-order valence-electron chi connectivity index (χ4n) is 3.29.